The van der Waals surface area contributed by atoms with Crippen molar-refractivity contribution in [3.8, 4) is 0 Å². The quantitative estimate of drug-likeness (QED) is 0.669. The molecule has 2 saturated carbocycles. The molecule has 0 aromatic heterocycles. The third-order valence-electron chi connectivity index (χ3n) is 6.07. The highest BCUT2D eigenvalue weighted by Crippen LogP contribution is 2.57. The van der Waals surface area contributed by atoms with Gasteiger partial charge in [-0.2, -0.15) is 0 Å². The third kappa shape index (κ3) is 1.88. The maximum absolute atomic E-state index is 12.3. The summed E-state index contributed by atoms with van der Waals surface area (Å²) in [6.07, 6.45) is 10.1. The summed E-state index contributed by atoms with van der Waals surface area (Å²) in [5.41, 5.74) is 5.24. The molecule has 4 aliphatic carbocycles. The zero-order valence-electron chi connectivity index (χ0n) is 12.5. The van der Waals surface area contributed by atoms with Crippen molar-refractivity contribution in [2.24, 2.45) is 17.8 Å². The summed E-state index contributed by atoms with van der Waals surface area (Å²) in [6.45, 7) is 0. The van der Waals surface area contributed by atoms with Crippen molar-refractivity contribution in [3.05, 3.63) is 57.6 Å². The van der Waals surface area contributed by atoms with Crippen molar-refractivity contribution in [3.63, 3.8) is 0 Å². The van der Waals surface area contributed by atoms with E-state index in [4.69, 9.17) is 11.6 Å². The van der Waals surface area contributed by atoms with Gasteiger partial charge in [-0.1, -0.05) is 29.8 Å². The van der Waals surface area contributed by atoms with Crippen molar-refractivity contribution in [1.29, 1.82) is 0 Å². The summed E-state index contributed by atoms with van der Waals surface area (Å²) in [4.78, 5) is 12.3. The van der Waals surface area contributed by atoms with Crippen LogP contribution in [0.3, 0.4) is 0 Å². The van der Waals surface area contributed by atoms with Gasteiger partial charge in [-0.05, 0) is 72.3 Å². The van der Waals surface area contributed by atoms with Crippen LogP contribution in [0, 0.1) is 17.8 Å². The minimum absolute atomic E-state index is 0.369. The van der Waals surface area contributed by atoms with E-state index < -0.39 is 0 Å². The summed E-state index contributed by atoms with van der Waals surface area (Å²) >= 11 is 6.22. The Morgan fingerprint density at radius 3 is 2.95 bits per heavy atom. The summed E-state index contributed by atoms with van der Waals surface area (Å²) in [5, 5.41) is 0.849. The first kappa shape index (κ1) is 13.1. The molecular formula is C20H19ClO. The number of carbonyl (C=O) groups excluding carboxylic acids is 1. The van der Waals surface area contributed by atoms with Gasteiger partial charge >= 0.3 is 0 Å². The fourth-order valence-electron chi connectivity index (χ4n) is 4.91. The summed E-state index contributed by atoms with van der Waals surface area (Å²) in [5.74, 6) is 2.89. The van der Waals surface area contributed by atoms with Gasteiger partial charge in [0.2, 0.25) is 0 Å². The number of ketones is 1. The van der Waals surface area contributed by atoms with Crippen LogP contribution in [0.5, 0.6) is 0 Å². The second kappa shape index (κ2) is 4.58. The summed E-state index contributed by atoms with van der Waals surface area (Å²) in [7, 11) is 0. The Hall–Kier alpha value is -1.34. The molecule has 22 heavy (non-hydrogen) atoms. The molecular weight excluding hydrogens is 292 g/mol. The van der Waals surface area contributed by atoms with Crippen LogP contribution < -0.4 is 0 Å². The SMILES string of the molecule is O=C1CCCC2=CC3c4ccc(Cl)cc4CC4CC4C3C=C12. The van der Waals surface area contributed by atoms with Gasteiger partial charge in [0.1, 0.15) is 0 Å². The van der Waals surface area contributed by atoms with Crippen LogP contribution in [-0.4, -0.2) is 5.78 Å². The number of carbonyl (C=O) groups is 1. The van der Waals surface area contributed by atoms with E-state index in [-0.39, 0.29) is 0 Å². The largest absolute Gasteiger partial charge is 0.294 e. The van der Waals surface area contributed by atoms with Gasteiger partial charge < -0.3 is 0 Å². The molecule has 1 nitrogen and oxygen atoms in total. The van der Waals surface area contributed by atoms with Gasteiger partial charge in [0.05, 0.1) is 0 Å². The van der Waals surface area contributed by atoms with E-state index in [1.165, 1.54) is 23.1 Å². The molecule has 4 atom stereocenters. The molecule has 1 aromatic carbocycles. The van der Waals surface area contributed by atoms with Gasteiger partial charge in [-0.25, -0.2) is 0 Å². The monoisotopic (exact) mass is 310 g/mol. The molecule has 0 amide bonds. The van der Waals surface area contributed by atoms with Crippen molar-refractivity contribution in [1.82, 2.24) is 0 Å². The van der Waals surface area contributed by atoms with Crippen LogP contribution in [0.15, 0.2) is 41.5 Å². The van der Waals surface area contributed by atoms with Crippen molar-refractivity contribution < 1.29 is 4.79 Å². The molecule has 0 N–H and O–H groups in total. The molecule has 2 heteroatoms. The van der Waals surface area contributed by atoms with E-state index in [0.29, 0.717) is 17.6 Å². The standard InChI is InChI=1S/C20H19ClO/c21-14-4-5-15-12(7-14)6-13-9-16(13)19-10-17-11(8-18(15)19)2-1-3-20(17)22/h4-5,7-8,10,13,16,18-19H,1-3,6,9H2. The second-order valence-electron chi connectivity index (χ2n) is 7.36. The Balaban J connectivity index is 1.66. The number of hydrogen-bond donors (Lipinski definition) is 0. The van der Waals surface area contributed by atoms with E-state index in [2.05, 4.69) is 24.3 Å². The number of hydrogen-bond acceptors (Lipinski definition) is 1. The molecule has 4 aliphatic rings. The molecule has 5 rings (SSSR count). The lowest BCUT2D eigenvalue weighted by Crippen LogP contribution is -2.22. The smallest absolute Gasteiger partial charge is 0.162 e. The highest BCUT2D eigenvalue weighted by atomic mass is 35.5. The molecule has 112 valence electrons. The summed E-state index contributed by atoms with van der Waals surface area (Å²) < 4.78 is 0. The zero-order valence-corrected chi connectivity index (χ0v) is 13.3. The average molecular weight is 311 g/mol. The molecule has 1 aromatic rings. The molecule has 0 radical (unpaired) electrons. The first-order valence-electron chi connectivity index (χ1n) is 8.45. The van der Waals surface area contributed by atoms with Gasteiger partial charge in [-0.15, -0.1) is 0 Å². The summed E-state index contributed by atoms with van der Waals surface area (Å²) in [6, 6.07) is 6.41. The predicted molar refractivity (Wildman–Crippen MR) is 88.0 cm³/mol. The van der Waals surface area contributed by atoms with Crippen molar-refractivity contribution in [2.45, 2.75) is 38.0 Å². The fourth-order valence-corrected chi connectivity index (χ4v) is 5.10. The van der Waals surface area contributed by atoms with E-state index in [1.807, 2.05) is 6.07 Å². The Labute approximate surface area is 136 Å². The lowest BCUT2D eigenvalue weighted by Gasteiger charge is -2.31. The average Bonchev–Trinajstić information content (AvgIpc) is 3.26. The topological polar surface area (TPSA) is 17.1 Å². The highest BCUT2D eigenvalue weighted by molar-refractivity contribution is 6.30. The number of Topliss-reactive ketones (excluding diaryl/α,β-unsaturated/α-hetero) is 1. The van der Waals surface area contributed by atoms with Crippen LogP contribution in [0.1, 0.15) is 42.7 Å². The number of fused-ring (bicyclic) bond motifs is 6. The lowest BCUT2D eigenvalue weighted by atomic mass is 9.72. The normalized spacial score (nSPS) is 35.2. The maximum Gasteiger partial charge on any atom is 0.162 e. The molecule has 2 fully saturated rings. The van der Waals surface area contributed by atoms with E-state index in [1.54, 1.807) is 0 Å². The van der Waals surface area contributed by atoms with Crippen LogP contribution in [-0.2, 0) is 11.2 Å². The Bertz CT molecular complexity index is 742. The van der Waals surface area contributed by atoms with Gasteiger partial charge in [0, 0.05) is 22.9 Å². The predicted octanol–water partition coefficient (Wildman–Crippen LogP) is 4.85. The Morgan fingerprint density at radius 2 is 2.05 bits per heavy atom. The van der Waals surface area contributed by atoms with E-state index in [9.17, 15) is 4.79 Å². The first-order chi connectivity index (χ1) is 10.7. The highest BCUT2D eigenvalue weighted by Gasteiger charge is 2.49. The van der Waals surface area contributed by atoms with E-state index >= 15 is 0 Å². The number of rotatable bonds is 0. The Morgan fingerprint density at radius 1 is 1.14 bits per heavy atom. The molecule has 0 aliphatic heterocycles. The van der Waals surface area contributed by atoms with Crippen LogP contribution in [0.2, 0.25) is 5.02 Å². The lowest BCUT2D eigenvalue weighted by molar-refractivity contribution is -0.115. The maximum atomic E-state index is 12.3. The van der Waals surface area contributed by atoms with Gasteiger partial charge in [0.25, 0.3) is 0 Å². The van der Waals surface area contributed by atoms with Crippen molar-refractivity contribution in [2.75, 3.05) is 0 Å². The molecule has 0 saturated heterocycles. The van der Waals surface area contributed by atoms with E-state index in [0.717, 1.165) is 48.1 Å². The van der Waals surface area contributed by atoms with Crippen LogP contribution in [0.25, 0.3) is 0 Å². The molecule has 0 spiro atoms. The second-order valence-corrected chi connectivity index (χ2v) is 7.80. The number of allylic oxidation sites excluding steroid dienone is 4. The van der Waals surface area contributed by atoms with Gasteiger partial charge in [-0.3, -0.25) is 4.79 Å². The minimum atomic E-state index is 0.369. The zero-order chi connectivity index (χ0) is 14.8. The Kier molecular flexibility index (Phi) is 2.73. The molecule has 0 bridgehead atoms. The third-order valence-corrected chi connectivity index (χ3v) is 6.30. The van der Waals surface area contributed by atoms with Crippen LogP contribution >= 0.6 is 11.6 Å². The van der Waals surface area contributed by atoms with Crippen molar-refractivity contribution >= 4 is 17.4 Å². The molecule has 4 unspecified atom stereocenters. The number of benzene rings is 1. The fraction of sp³-hybridized carbons (Fsp3) is 0.450. The van der Waals surface area contributed by atoms with Gasteiger partial charge in [0.15, 0.2) is 5.78 Å². The first-order valence-corrected chi connectivity index (χ1v) is 8.83. The number of halogens is 1. The minimum Gasteiger partial charge on any atom is -0.294 e. The van der Waals surface area contributed by atoms with Crippen LogP contribution in [0.4, 0.5) is 0 Å². The molecule has 0 heterocycles.